The van der Waals surface area contributed by atoms with Crippen LogP contribution in [0.4, 0.5) is 0 Å². The number of rotatable bonds is 7. The molecule has 2 aromatic carbocycles. The van der Waals surface area contributed by atoms with Gasteiger partial charge in [-0.3, -0.25) is 4.79 Å². The lowest BCUT2D eigenvalue weighted by atomic mass is 9.98. The Morgan fingerprint density at radius 2 is 1.83 bits per heavy atom. The molecule has 30 heavy (non-hydrogen) atoms. The van der Waals surface area contributed by atoms with Crippen LogP contribution >= 0.6 is 0 Å². The van der Waals surface area contributed by atoms with Gasteiger partial charge in [-0.25, -0.2) is 8.42 Å². The molecule has 1 aliphatic carbocycles. The fourth-order valence-electron chi connectivity index (χ4n) is 4.18. The van der Waals surface area contributed by atoms with Gasteiger partial charge in [0.25, 0.3) is 5.91 Å². The standard InChI is InChI=1S/C24H29NO4S/c1-17-14-19(11-12-21(17)22-7-3-4-8-23(22)30(2,27)28)24(26)25(15-18-9-10-18)16-20-6-5-13-29-20/h3-4,7-8,11-12,14,18,20H,5-6,9-10,13,15-16H2,1-2H3. The molecule has 0 spiro atoms. The van der Waals surface area contributed by atoms with Crippen molar-refractivity contribution in [2.75, 3.05) is 26.0 Å². The molecular formula is C24H29NO4S. The van der Waals surface area contributed by atoms with Crippen LogP contribution in [0, 0.1) is 12.8 Å². The van der Waals surface area contributed by atoms with Gasteiger partial charge in [0.1, 0.15) is 0 Å². The van der Waals surface area contributed by atoms with E-state index in [2.05, 4.69) is 0 Å². The van der Waals surface area contributed by atoms with Gasteiger partial charge >= 0.3 is 0 Å². The topological polar surface area (TPSA) is 63.7 Å². The number of nitrogens with zero attached hydrogens (tertiary/aromatic N) is 1. The monoisotopic (exact) mass is 427 g/mol. The molecule has 1 unspecified atom stereocenters. The summed E-state index contributed by atoms with van der Waals surface area (Å²) in [5.41, 5.74) is 3.04. The summed E-state index contributed by atoms with van der Waals surface area (Å²) in [6.45, 7) is 4.14. The fourth-order valence-corrected chi connectivity index (χ4v) is 5.08. The summed E-state index contributed by atoms with van der Waals surface area (Å²) in [4.78, 5) is 15.6. The van der Waals surface area contributed by atoms with Crippen LogP contribution in [0.2, 0.25) is 0 Å². The Kier molecular flexibility index (Phi) is 5.98. The molecule has 0 N–H and O–H groups in total. The van der Waals surface area contributed by atoms with E-state index < -0.39 is 9.84 Å². The van der Waals surface area contributed by atoms with Crippen LogP contribution in [0.15, 0.2) is 47.4 Å². The van der Waals surface area contributed by atoms with Gasteiger partial charge in [0, 0.05) is 37.1 Å². The molecule has 1 amide bonds. The minimum Gasteiger partial charge on any atom is -0.376 e. The molecule has 1 heterocycles. The zero-order valence-corrected chi connectivity index (χ0v) is 18.5. The Morgan fingerprint density at radius 3 is 2.47 bits per heavy atom. The fraction of sp³-hybridized carbons (Fsp3) is 0.458. The van der Waals surface area contributed by atoms with Crippen LogP contribution in [0.5, 0.6) is 0 Å². The number of ether oxygens (including phenoxy) is 1. The lowest BCUT2D eigenvalue weighted by Gasteiger charge is -2.26. The Morgan fingerprint density at radius 1 is 1.07 bits per heavy atom. The molecular weight excluding hydrogens is 398 g/mol. The largest absolute Gasteiger partial charge is 0.376 e. The van der Waals surface area contributed by atoms with Gasteiger partial charge in [-0.2, -0.15) is 0 Å². The Labute approximate surface area is 179 Å². The summed E-state index contributed by atoms with van der Waals surface area (Å²) in [7, 11) is -3.35. The van der Waals surface area contributed by atoms with Crippen LogP contribution in [0.1, 0.15) is 41.6 Å². The second-order valence-corrected chi connectivity index (χ2v) is 10.6. The second kappa shape index (κ2) is 8.52. The first kappa shape index (κ1) is 21.1. The molecule has 1 atom stereocenters. The number of hydrogen-bond donors (Lipinski definition) is 0. The molecule has 0 bridgehead atoms. The molecule has 1 aliphatic heterocycles. The summed E-state index contributed by atoms with van der Waals surface area (Å²) in [6.07, 6.45) is 5.80. The second-order valence-electron chi connectivity index (χ2n) is 8.59. The Hall–Kier alpha value is -2.18. The highest BCUT2D eigenvalue weighted by Gasteiger charge is 2.30. The normalized spacial score (nSPS) is 19.1. The first-order chi connectivity index (χ1) is 14.3. The van der Waals surface area contributed by atoms with E-state index in [1.54, 1.807) is 12.1 Å². The van der Waals surface area contributed by atoms with E-state index in [-0.39, 0.29) is 12.0 Å². The van der Waals surface area contributed by atoms with Gasteiger partial charge in [-0.15, -0.1) is 0 Å². The van der Waals surface area contributed by atoms with Crippen molar-refractivity contribution in [2.45, 2.75) is 43.6 Å². The van der Waals surface area contributed by atoms with E-state index in [0.717, 1.165) is 37.1 Å². The maximum Gasteiger partial charge on any atom is 0.253 e. The SMILES string of the molecule is Cc1cc(C(=O)N(CC2CC2)CC2CCCO2)ccc1-c1ccccc1S(C)(=O)=O. The van der Waals surface area contributed by atoms with Crippen molar-refractivity contribution in [3.8, 4) is 11.1 Å². The Bertz CT molecular complexity index is 1040. The van der Waals surface area contributed by atoms with E-state index in [0.29, 0.717) is 28.5 Å². The molecule has 2 aliphatic rings. The smallest absolute Gasteiger partial charge is 0.253 e. The average Bonchev–Trinajstić information content (AvgIpc) is 3.38. The van der Waals surface area contributed by atoms with E-state index in [1.807, 2.05) is 42.2 Å². The van der Waals surface area contributed by atoms with E-state index in [4.69, 9.17) is 4.74 Å². The summed E-state index contributed by atoms with van der Waals surface area (Å²) in [6, 6.07) is 12.6. The minimum atomic E-state index is -3.35. The van der Waals surface area contributed by atoms with Crippen molar-refractivity contribution in [3.05, 3.63) is 53.6 Å². The summed E-state index contributed by atoms with van der Waals surface area (Å²) < 4.78 is 30.2. The number of hydrogen-bond acceptors (Lipinski definition) is 4. The lowest BCUT2D eigenvalue weighted by Crippen LogP contribution is -2.38. The van der Waals surface area contributed by atoms with Crippen molar-refractivity contribution in [3.63, 3.8) is 0 Å². The summed E-state index contributed by atoms with van der Waals surface area (Å²) >= 11 is 0. The minimum absolute atomic E-state index is 0.0310. The summed E-state index contributed by atoms with van der Waals surface area (Å²) in [5, 5.41) is 0. The van der Waals surface area contributed by atoms with Gasteiger partial charge in [-0.1, -0.05) is 24.3 Å². The molecule has 4 rings (SSSR count). The molecule has 6 heteroatoms. The molecule has 2 fully saturated rings. The molecule has 1 saturated heterocycles. The van der Waals surface area contributed by atoms with Gasteiger partial charge in [-0.05, 0) is 67.9 Å². The van der Waals surface area contributed by atoms with E-state index >= 15 is 0 Å². The van der Waals surface area contributed by atoms with Crippen molar-refractivity contribution >= 4 is 15.7 Å². The van der Waals surface area contributed by atoms with E-state index in [9.17, 15) is 13.2 Å². The molecule has 2 aromatic rings. The quantitative estimate of drug-likeness (QED) is 0.667. The van der Waals surface area contributed by atoms with Gasteiger partial charge in [0.05, 0.1) is 11.0 Å². The molecule has 160 valence electrons. The number of benzene rings is 2. The third-order valence-electron chi connectivity index (χ3n) is 5.96. The zero-order chi connectivity index (χ0) is 21.3. The van der Waals surface area contributed by atoms with Crippen LogP contribution in [-0.2, 0) is 14.6 Å². The molecule has 0 radical (unpaired) electrons. The third-order valence-corrected chi connectivity index (χ3v) is 7.12. The molecule has 1 saturated carbocycles. The molecule has 0 aromatic heterocycles. The van der Waals surface area contributed by atoms with Crippen molar-refractivity contribution in [1.82, 2.24) is 4.90 Å². The predicted molar refractivity (Wildman–Crippen MR) is 117 cm³/mol. The third kappa shape index (κ3) is 4.76. The lowest BCUT2D eigenvalue weighted by molar-refractivity contribution is 0.0515. The maximum absolute atomic E-state index is 13.3. The highest BCUT2D eigenvalue weighted by molar-refractivity contribution is 7.90. The number of amides is 1. The maximum atomic E-state index is 13.3. The molecule has 5 nitrogen and oxygen atoms in total. The zero-order valence-electron chi connectivity index (χ0n) is 17.6. The summed E-state index contributed by atoms with van der Waals surface area (Å²) in [5.74, 6) is 0.640. The van der Waals surface area contributed by atoms with Crippen molar-refractivity contribution in [1.29, 1.82) is 0 Å². The number of carbonyl (C=O) groups excluding carboxylic acids is 1. The number of sulfone groups is 1. The van der Waals surface area contributed by atoms with Crippen LogP contribution in [0.3, 0.4) is 0 Å². The van der Waals surface area contributed by atoms with Gasteiger partial charge in [0.2, 0.25) is 0 Å². The van der Waals surface area contributed by atoms with Crippen molar-refractivity contribution < 1.29 is 17.9 Å². The van der Waals surface area contributed by atoms with Gasteiger partial charge < -0.3 is 9.64 Å². The highest BCUT2D eigenvalue weighted by atomic mass is 32.2. The van der Waals surface area contributed by atoms with E-state index in [1.165, 1.54) is 19.1 Å². The Balaban J connectivity index is 1.61. The van der Waals surface area contributed by atoms with Crippen molar-refractivity contribution in [2.24, 2.45) is 5.92 Å². The van der Waals surface area contributed by atoms with Crippen LogP contribution in [0.25, 0.3) is 11.1 Å². The van der Waals surface area contributed by atoms with Crippen LogP contribution in [-0.4, -0.2) is 51.3 Å². The van der Waals surface area contributed by atoms with Gasteiger partial charge in [0.15, 0.2) is 9.84 Å². The average molecular weight is 428 g/mol. The first-order valence-electron chi connectivity index (χ1n) is 10.6. The highest BCUT2D eigenvalue weighted by Crippen LogP contribution is 2.32. The predicted octanol–water partition coefficient (Wildman–Crippen LogP) is 4.10. The van der Waals surface area contributed by atoms with Crippen LogP contribution < -0.4 is 0 Å². The number of carbonyl (C=O) groups is 1. The number of aryl methyl sites for hydroxylation is 1. The first-order valence-corrected chi connectivity index (χ1v) is 12.5.